The highest BCUT2D eigenvalue weighted by Gasteiger charge is 1.81. The average molecular weight is 119 g/mol. The SMILES string of the molecule is C#C/C(C=C)=C/C(=C)N. The first kappa shape index (κ1) is 7.58. The Kier molecular flexibility index (Phi) is 3.00. The quantitative estimate of drug-likeness (QED) is 0.429. The highest BCUT2D eigenvalue weighted by molar-refractivity contribution is 5.39. The minimum absolute atomic E-state index is 0.447. The van der Waals surface area contributed by atoms with Crippen LogP contribution in [0.1, 0.15) is 0 Å². The number of nitrogens with two attached hydrogens (primary N) is 1. The van der Waals surface area contributed by atoms with Gasteiger partial charge in [-0.25, -0.2) is 0 Å². The monoisotopic (exact) mass is 119 g/mol. The summed E-state index contributed by atoms with van der Waals surface area (Å²) in [5, 5.41) is 0. The van der Waals surface area contributed by atoms with Crippen molar-refractivity contribution in [1.82, 2.24) is 0 Å². The molecule has 1 nitrogen and oxygen atoms in total. The molecular weight excluding hydrogens is 110 g/mol. The second-order valence-corrected chi connectivity index (χ2v) is 1.52. The summed E-state index contributed by atoms with van der Waals surface area (Å²) in [5.74, 6) is 2.39. The molecule has 0 aliphatic rings. The molecule has 0 saturated heterocycles. The van der Waals surface area contributed by atoms with Crippen LogP contribution < -0.4 is 5.73 Å². The zero-order chi connectivity index (χ0) is 7.28. The van der Waals surface area contributed by atoms with E-state index in [0.717, 1.165) is 0 Å². The molecule has 0 fully saturated rings. The van der Waals surface area contributed by atoms with E-state index in [1.165, 1.54) is 0 Å². The number of allylic oxidation sites excluding steroid dienone is 3. The lowest BCUT2D eigenvalue weighted by molar-refractivity contribution is 1.44. The maximum absolute atomic E-state index is 5.23. The standard InChI is InChI=1S/C8H9N/c1-4-8(5-2)6-7(3)9/h1,5-6H,2-3,9H2/b8-6-. The van der Waals surface area contributed by atoms with Crippen LogP contribution in [0, 0.1) is 12.3 Å². The summed E-state index contributed by atoms with van der Waals surface area (Å²) in [4.78, 5) is 0. The first-order chi connectivity index (χ1) is 4.20. The Hall–Kier alpha value is -1.42. The Morgan fingerprint density at radius 2 is 2.22 bits per heavy atom. The minimum atomic E-state index is 0.447. The zero-order valence-electron chi connectivity index (χ0n) is 5.22. The van der Waals surface area contributed by atoms with Crippen LogP contribution in [0.5, 0.6) is 0 Å². The van der Waals surface area contributed by atoms with Gasteiger partial charge < -0.3 is 5.73 Å². The van der Waals surface area contributed by atoms with E-state index >= 15 is 0 Å². The van der Waals surface area contributed by atoms with Crippen LogP contribution in [0.4, 0.5) is 0 Å². The Morgan fingerprint density at radius 3 is 2.33 bits per heavy atom. The van der Waals surface area contributed by atoms with Crippen molar-refractivity contribution in [2.45, 2.75) is 0 Å². The minimum Gasteiger partial charge on any atom is -0.399 e. The summed E-state index contributed by atoms with van der Waals surface area (Å²) in [6, 6.07) is 0. The predicted octanol–water partition coefficient (Wildman–Crippen LogP) is 1.20. The van der Waals surface area contributed by atoms with Gasteiger partial charge in [0.2, 0.25) is 0 Å². The fraction of sp³-hybridized carbons (Fsp3) is 0. The van der Waals surface area contributed by atoms with Crippen LogP contribution in [-0.4, -0.2) is 0 Å². The van der Waals surface area contributed by atoms with Gasteiger partial charge >= 0.3 is 0 Å². The number of rotatable bonds is 2. The van der Waals surface area contributed by atoms with Gasteiger partial charge in [-0.3, -0.25) is 0 Å². The van der Waals surface area contributed by atoms with Gasteiger partial charge in [0.05, 0.1) is 0 Å². The highest BCUT2D eigenvalue weighted by atomic mass is 14.5. The van der Waals surface area contributed by atoms with E-state index in [9.17, 15) is 0 Å². The molecule has 0 bridgehead atoms. The van der Waals surface area contributed by atoms with Crippen LogP contribution in [0.2, 0.25) is 0 Å². The average Bonchev–Trinajstić information content (AvgIpc) is 1.82. The van der Waals surface area contributed by atoms with E-state index in [-0.39, 0.29) is 0 Å². The van der Waals surface area contributed by atoms with Crippen LogP contribution in [0.15, 0.2) is 36.6 Å². The molecule has 0 aromatic heterocycles. The molecule has 0 radical (unpaired) electrons. The van der Waals surface area contributed by atoms with Crippen molar-refractivity contribution in [1.29, 1.82) is 0 Å². The Bertz CT molecular complexity index is 191. The van der Waals surface area contributed by atoms with Crippen molar-refractivity contribution in [2.24, 2.45) is 5.73 Å². The summed E-state index contributed by atoms with van der Waals surface area (Å²) in [6.45, 7) is 6.93. The van der Waals surface area contributed by atoms with Crippen molar-refractivity contribution < 1.29 is 0 Å². The molecule has 1 heteroatoms. The van der Waals surface area contributed by atoms with Crippen LogP contribution in [0.3, 0.4) is 0 Å². The third-order valence-corrected chi connectivity index (χ3v) is 0.727. The Balaban J connectivity index is 4.30. The summed E-state index contributed by atoms with van der Waals surface area (Å²) in [7, 11) is 0. The van der Waals surface area contributed by atoms with Gasteiger partial charge in [-0.2, -0.15) is 0 Å². The molecule has 9 heavy (non-hydrogen) atoms. The number of hydrogen-bond donors (Lipinski definition) is 1. The number of terminal acetylenes is 1. The third kappa shape index (κ3) is 3.19. The zero-order valence-corrected chi connectivity index (χ0v) is 5.22. The second-order valence-electron chi connectivity index (χ2n) is 1.52. The molecule has 0 unspecified atom stereocenters. The topological polar surface area (TPSA) is 26.0 Å². The maximum atomic E-state index is 5.23. The smallest absolute Gasteiger partial charge is 0.0256 e. The fourth-order valence-electron chi connectivity index (χ4n) is 0.359. The fourth-order valence-corrected chi connectivity index (χ4v) is 0.359. The predicted molar refractivity (Wildman–Crippen MR) is 40.4 cm³/mol. The summed E-state index contributed by atoms with van der Waals surface area (Å²) in [6.07, 6.45) is 8.19. The lowest BCUT2D eigenvalue weighted by Crippen LogP contribution is -1.89. The molecule has 2 N–H and O–H groups in total. The molecule has 0 saturated carbocycles. The molecule has 0 rings (SSSR count). The Labute approximate surface area is 55.6 Å². The van der Waals surface area contributed by atoms with Crippen molar-refractivity contribution >= 4 is 0 Å². The summed E-state index contributed by atoms with van der Waals surface area (Å²) >= 11 is 0. The van der Waals surface area contributed by atoms with Gasteiger partial charge in [0, 0.05) is 11.3 Å². The summed E-state index contributed by atoms with van der Waals surface area (Å²) < 4.78 is 0. The van der Waals surface area contributed by atoms with Crippen molar-refractivity contribution in [3.8, 4) is 12.3 Å². The van der Waals surface area contributed by atoms with Crippen LogP contribution >= 0.6 is 0 Å². The third-order valence-electron chi connectivity index (χ3n) is 0.727. The van der Waals surface area contributed by atoms with E-state index in [4.69, 9.17) is 12.2 Å². The first-order valence-corrected chi connectivity index (χ1v) is 2.46. The van der Waals surface area contributed by atoms with Crippen LogP contribution in [0.25, 0.3) is 0 Å². The van der Waals surface area contributed by atoms with Crippen molar-refractivity contribution in [2.75, 3.05) is 0 Å². The van der Waals surface area contributed by atoms with Crippen molar-refractivity contribution in [3.05, 3.63) is 36.6 Å². The summed E-state index contributed by atoms with van der Waals surface area (Å²) in [5.41, 5.74) is 6.33. The molecule has 0 heterocycles. The second kappa shape index (κ2) is 3.57. The lowest BCUT2D eigenvalue weighted by Gasteiger charge is -1.87. The van der Waals surface area contributed by atoms with Gasteiger partial charge in [-0.05, 0) is 6.08 Å². The van der Waals surface area contributed by atoms with Gasteiger partial charge in [0.1, 0.15) is 0 Å². The molecule has 0 amide bonds. The first-order valence-electron chi connectivity index (χ1n) is 2.46. The van der Waals surface area contributed by atoms with E-state index in [1.54, 1.807) is 12.2 Å². The van der Waals surface area contributed by atoms with Gasteiger partial charge in [-0.15, -0.1) is 6.42 Å². The van der Waals surface area contributed by atoms with Crippen LogP contribution in [-0.2, 0) is 0 Å². The molecular formula is C8H9N. The Morgan fingerprint density at radius 1 is 1.67 bits per heavy atom. The molecule has 0 aliphatic carbocycles. The lowest BCUT2D eigenvalue weighted by atomic mass is 10.2. The van der Waals surface area contributed by atoms with Gasteiger partial charge in [-0.1, -0.05) is 25.2 Å². The van der Waals surface area contributed by atoms with Gasteiger partial charge in [0.25, 0.3) is 0 Å². The van der Waals surface area contributed by atoms with E-state index < -0.39 is 0 Å². The van der Waals surface area contributed by atoms with E-state index in [0.29, 0.717) is 11.3 Å². The normalized spacial score (nSPS) is 9.89. The van der Waals surface area contributed by atoms with E-state index in [2.05, 4.69) is 19.1 Å². The number of hydrogen-bond acceptors (Lipinski definition) is 1. The molecule has 46 valence electrons. The van der Waals surface area contributed by atoms with E-state index in [1.807, 2.05) is 0 Å². The molecule has 0 aromatic rings. The molecule has 0 atom stereocenters. The highest BCUT2D eigenvalue weighted by Crippen LogP contribution is 1.94. The van der Waals surface area contributed by atoms with Crippen molar-refractivity contribution in [3.63, 3.8) is 0 Å². The molecule has 0 aromatic carbocycles. The van der Waals surface area contributed by atoms with Gasteiger partial charge in [0.15, 0.2) is 0 Å². The maximum Gasteiger partial charge on any atom is 0.0256 e. The molecule has 0 spiro atoms. The largest absolute Gasteiger partial charge is 0.399 e. The molecule has 0 aliphatic heterocycles.